The average molecular weight is 429 g/mol. The Kier molecular flexibility index (Phi) is 7.38. The summed E-state index contributed by atoms with van der Waals surface area (Å²) in [6, 6.07) is 14.1. The van der Waals surface area contributed by atoms with Gasteiger partial charge in [-0.15, -0.1) is 12.4 Å². The third kappa shape index (κ3) is 5.25. The van der Waals surface area contributed by atoms with E-state index in [2.05, 4.69) is 31.5 Å². The van der Waals surface area contributed by atoms with Crippen molar-refractivity contribution >= 4 is 39.9 Å². The van der Waals surface area contributed by atoms with Crippen molar-refractivity contribution < 1.29 is 9.18 Å². The van der Waals surface area contributed by atoms with E-state index >= 15 is 0 Å². The van der Waals surface area contributed by atoms with E-state index in [4.69, 9.17) is 0 Å². The van der Waals surface area contributed by atoms with Crippen molar-refractivity contribution in [1.29, 1.82) is 0 Å². The predicted molar refractivity (Wildman–Crippen MR) is 104 cm³/mol. The molecule has 7 heteroatoms. The van der Waals surface area contributed by atoms with E-state index in [1.54, 1.807) is 6.07 Å². The van der Waals surface area contributed by atoms with Crippen LogP contribution in [0.3, 0.4) is 0 Å². The zero-order valence-corrected chi connectivity index (χ0v) is 15.9. The molecule has 1 atom stereocenters. The Hall–Kier alpha value is -1.47. The van der Waals surface area contributed by atoms with Gasteiger partial charge in [-0.25, -0.2) is 4.39 Å². The van der Waals surface area contributed by atoms with E-state index in [1.165, 1.54) is 12.1 Å². The van der Waals surface area contributed by atoms with E-state index in [1.807, 2.05) is 30.3 Å². The van der Waals surface area contributed by atoms with Gasteiger partial charge >= 0.3 is 0 Å². The van der Waals surface area contributed by atoms with Crippen LogP contribution in [0.1, 0.15) is 11.6 Å². The van der Waals surface area contributed by atoms with Gasteiger partial charge in [0.2, 0.25) is 5.91 Å². The topological polar surface area (TPSA) is 44.4 Å². The number of hydrogen-bond donors (Lipinski definition) is 2. The number of carbonyl (C=O) groups excluding carboxylic acids is 1. The second-order valence-corrected chi connectivity index (χ2v) is 6.63. The molecule has 1 fully saturated rings. The maximum absolute atomic E-state index is 13.5. The van der Waals surface area contributed by atoms with Crippen LogP contribution in [0.5, 0.6) is 0 Å². The van der Waals surface area contributed by atoms with Crippen LogP contribution in [0.2, 0.25) is 0 Å². The SMILES string of the molecule is Cl.O=C(CN1CCNCC1c1cccc(F)c1)Nc1ccccc1Br. The highest BCUT2D eigenvalue weighted by molar-refractivity contribution is 9.10. The molecule has 1 heterocycles. The lowest BCUT2D eigenvalue weighted by atomic mass is 10.0. The summed E-state index contributed by atoms with van der Waals surface area (Å²) < 4.78 is 14.4. The normalized spacial score (nSPS) is 17.6. The number of benzene rings is 2. The first-order chi connectivity index (χ1) is 11.6. The standard InChI is InChI=1S/C18H19BrFN3O.ClH/c19-15-6-1-2-7-16(15)22-18(24)12-23-9-8-21-11-17(23)13-4-3-5-14(20)10-13;/h1-7,10,17,21H,8-9,11-12H2,(H,22,24);1H. The van der Waals surface area contributed by atoms with Crippen LogP contribution in [-0.4, -0.2) is 37.0 Å². The lowest BCUT2D eigenvalue weighted by Gasteiger charge is -2.36. The summed E-state index contributed by atoms with van der Waals surface area (Å²) >= 11 is 3.43. The number of anilines is 1. The number of hydrogen-bond acceptors (Lipinski definition) is 3. The largest absolute Gasteiger partial charge is 0.324 e. The lowest BCUT2D eigenvalue weighted by molar-refractivity contribution is -0.118. The monoisotopic (exact) mass is 427 g/mol. The molecule has 1 unspecified atom stereocenters. The molecule has 0 bridgehead atoms. The van der Waals surface area contributed by atoms with Crippen LogP contribution in [0.15, 0.2) is 53.0 Å². The summed E-state index contributed by atoms with van der Waals surface area (Å²) in [5.74, 6) is -0.333. The van der Waals surface area contributed by atoms with Gasteiger partial charge in [-0.3, -0.25) is 9.69 Å². The van der Waals surface area contributed by atoms with Crippen molar-refractivity contribution in [3.8, 4) is 0 Å². The zero-order valence-electron chi connectivity index (χ0n) is 13.5. The summed E-state index contributed by atoms with van der Waals surface area (Å²) in [6.45, 7) is 2.52. The van der Waals surface area contributed by atoms with Gasteiger partial charge in [-0.05, 0) is 45.8 Å². The van der Waals surface area contributed by atoms with Gasteiger partial charge < -0.3 is 10.6 Å². The number of nitrogens with zero attached hydrogens (tertiary/aromatic N) is 1. The van der Waals surface area contributed by atoms with Crippen LogP contribution >= 0.6 is 28.3 Å². The molecule has 0 radical (unpaired) electrons. The van der Waals surface area contributed by atoms with Crippen LogP contribution in [0, 0.1) is 5.82 Å². The van der Waals surface area contributed by atoms with Gasteiger partial charge in [-0.2, -0.15) is 0 Å². The van der Waals surface area contributed by atoms with E-state index < -0.39 is 0 Å². The summed E-state index contributed by atoms with van der Waals surface area (Å²) in [5, 5.41) is 6.23. The minimum Gasteiger partial charge on any atom is -0.324 e. The Labute approximate surface area is 161 Å². The predicted octanol–water partition coefficient (Wildman–Crippen LogP) is 3.60. The van der Waals surface area contributed by atoms with Crippen molar-refractivity contribution in [3.05, 3.63) is 64.4 Å². The first-order valence-corrected chi connectivity index (χ1v) is 8.67. The molecule has 0 aliphatic carbocycles. The minimum absolute atomic E-state index is 0. The fraction of sp³-hybridized carbons (Fsp3) is 0.278. The van der Waals surface area contributed by atoms with Gasteiger partial charge in [-0.1, -0.05) is 24.3 Å². The van der Waals surface area contributed by atoms with Crippen molar-refractivity contribution in [2.24, 2.45) is 0 Å². The summed E-state index contributed by atoms with van der Waals surface area (Å²) in [5.41, 5.74) is 1.64. The summed E-state index contributed by atoms with van der Waals surface area (Å²) in [6.07, 6.45) is 0. The molecule has 2 aromatic carbocycles. The number of carbonyl (C=O) groups is 1. The van der Waals surface area contributed by atoms with Crippen molar-refractivity contribution in [1.82, 2.24) is 10.2 Å². The van der Waals surface area contributed by atoms with Gasteiger partial charge in [0.1, 0.15) is 5.82 Å². The lowest BCUT2D eigenvalue weighted by Crippen LogP contribution is -2.48. The molecule has 0 saturated carbocycles. The quantitative estimate of drug-likeness (QED) is 0.782. The van der Waals surface area contributed by atoms with Crippen molar-refractivity contribution in [3.63, 3.8) is 0 Å². The van der Waals surface area contributed by atoms with E-state index in [9.17, 15) is 9.18 Å². The molecule has 2 N–H and O–H groups in total. The number of amides is 1. The van der Waals surface area contributed by atoms with E-state index in [0.29, 0.717) is 6.54 Å². The molecule has 0 aromatic heterocycles. The van der Waals surface area contributed by atoms with Gasteiger partial charge in [0.15, 0.2) is 0 Å². The number of halogens is 3. The van der Waals surface area contributed by atoms with Gasteiger partial charge in [0.05, 0.1) is 12.2 Å². The third-order valence-corrected chi connectivity index (χ3v) is 4.77. The van der Waals surface area contributed by atoms with E-state index in [0.717, 1.165) is 28.8 Å². The Morgan fingerprint density at radius 2 is 2.08 bits per heavy atom. The molecular formula is C18H20BrClFN3O. The maximum atomic E-state index is 13.5. The van der Waals surface area contributed by atoms with Crippen molar-refractivity contribution in [2.75, 3.05) is 31.5 Å². The van der Waals surface area contributed by atoms with Crippen LogP contribution in [0.25, 0.3) is 0 Å². The maximum Gasteiger partial charge on any atom is 0.238 e. The number of para-hydroxylation sites is 1. The highest BCUT2D eigenvalue weighted by atomic mass is 79.9. The highest BCUT2D eigenvalue weighted by Crippen LogP contribution is 2.24. The zero-order chi connectivity index (χ0) is 16.9. The molecule has 2 aromatic rings. The Bertz CT molecular complexity index is 731. The number of nitrogens with one attached hydrogen (secondary N) is 2. The number of piperazine rings is 1. The number of rotatable bonds is 4. The highest BCUT2D eigenvalue weighted by Gasteiger charge is 2.25. The molecular weight excluding hydrogens is 409 g/mol. The molecule has 25 heavy (non-hydrogen) atoms. The van der Waals surface area contributed by atoms with Crippen LogP contribution in [-0.2, 0) is 4.79 Å². The average Bonchev–Trinajstić information content (AvgIpc) is 2.57. The Morgan fingerprint density at radius 1 is 1.28 bits per heavy atom. The fourth-order valence-electron chi connectivity index (χ4n) is 2.91. The van der Waals surface area contributed by atoms with Gasteiger partial charge in [0.25, 0.3) is 0 Å². The second kappa shape index (κ2) is 9.29. The first-order valence-electron chi connectivity index (χ1n) is 7.88. The van der Waals surface area contributed by atoms with Crippen LogP contribution < -0.4 is 10.6 Å². The smallest absolute Gasteiger partial charge is 0.238 e. The molecule has 1 saturated heterocycles. The molecule has 1 aliphatic heterocycles. The van der Waals surface area contributed by atoms with E-state index in [-0.39, 0.29) is 36.7 Å². The molecule has 1 amide bonds. The summed E-state index contributed by atoms with van der Waals surface area (Å²) in [4.78, 5) is 14.5. The Balaban J connectivity index is 0.00000225. The molecule has 1 aliphatic rings. The molecule has 0 spiro atoms. The molecule has 3 rings (SSSR count). The fourth-order valence-corrected chi connectivity index (χ4v) is 3.30. The molecule has 134 valence electrons. The van der Waals surface area contributed by atoms with Gasteiger partial charge in [0, 0.05) is 30.1 Å². The first kappa shape index (κ1) is 19.8. The Morgan fingerprint density at radius 3 is 2.84 bits per heavy atom. The third-order valence-electron chi connectivity index (χ3n) is 4.08. The van der Waals surface area contributed by atoms with Crippen LogP contribution in [0.4, 0.5) is 10.1 Å². The summed E-state index contributed by atoms with van der Waals surface area (Å²) in [7, 11) is 0. The second-order valence-electron chi connectivity index (χ2n) is 5.77. The molecule has 4 nitrogen and oxygen atoms in total. The minimum atomic E-state index is -0.254. The van der Waals surface area contributed by atoms with Crippen molar-refractivity contribution in [2.45, 2.75) is 6.04 Å².